The lowest BCUT2D eigenvalue weighted by molar-refractivity contribution is -0.129. The Labute approximate surface area is 172 Å². The number of amidine groups is 1. The highest BCUT2D eigenvalue weighted by Crippen LogP contribution is 2.20. The Hall–Kier alpha value is -3.15. The van der Waals surface area contributed by atoms with Crippen molar-refractivity contribution >= 4 is 17.6 Å². The number of carbonyl (C=O) groups is 2. The van der Waals surface area contributed by atoms with E-state index in [2.05, 4.69) is 34.6 Å². The Kier molecular flexibility index (Phi) is 8.40. The van der Waals surface area contributed by atoms with Gasteiger partial charge in [-0.15, -0.1) is 0 Å². The maximum atomic E-state index is 12.5. The fraction of sp³-hybridized carbons (Fsp3) is 0.348. The van der Waals surface area contributed by atoms with Crippen LogP contribution in [-0.2, 0) is 16.0 Å². The van der Waals surface area contributed by atoms with Crippen LogP contribution in [0.5, 0.6) is 0 Å². The summed E-state index contributed by atoms with van der Waals surface area (Å²) in [5, 5.41) is 2.77. The molecule has 0 saturated carbocycles. The van der Waals surface area contributed by atoms with E-state index in [1.165, 1.54) is 0 Å². The number of hydrogen-bond donors (Lipinski definition) is 3. The van der Waals surface area contributed by atoms with Gasteiger partial charge in [0, 0.05) is 12.5 Å². The van der Waals surface area contributed by atoms with E-state index in [1.807, 2.05) is 37.3 Å². The summed E-state index contributed by atoms with van der Waals surface area (Å²) in [6.07, 6.45) is 1.65. The lowest BCUT2D eigenvalue weighted by Gasteiger charge is -2.18. The van der Waals surface area contributed by atoms with Crippen molar-refractivity contribution in [2.45, 2.75) is 39.2 Å². The van der Waals surface area contributed by atoms with Crippen LogP contribution < -0.4 is 16.8 Å². The predicted octanol–water partition coefficient (Wildman–Crippen LogP) is 2.66. The third kappa shape index (κ3) is 7.41. The first kappa shape index (κ1) is 22.1. The van der Waals surface area contributed by atoms with E-state index in [1.54, 1.807) is 6.92 Å². The summed E-state index contributed by atoms with van der Waals surface area (Å²) in [6, 6.07) is 17.6. The molecule has 2 aromatic carbocycles. The van der Waals surface area contributed by atoms with Gasteiger partial charge in [-0.25, -0.2) is 0 Å². The topological polar surface area (TPSA) is 111 Å². The number of hydrogen-bond acceptors (Lipinski definition) is 3. The number of nitrogens with two attached hydrogens (primary N) is 2. The van der Waals surface area contributed by atoms with Crippen LogP contribution in [0.1, 0.15) is 32.3 Å². The van der Waals surface area contributed by atoms with Gasteiger partial charge in [0.15, 0.2) is 0 Å². The molecular weight excluding hydrogens is 364 g/mol. The third-order valence-electron chi connectivity index (χ3n) is 4.72. The number of rotatable bonds is 10. The molecule has 2 aromatic rings. The lowest BCUT2D eigenvalue weighted by Crippen LogP contribution is -2.46. The fourth-order valence-corrected chi connectivity index (χ4v) is 3.06. The number of aliphatic imine (C=N–C) groups is 1. The average Bonchev–Trinajstić information content (AvgIpc) is 2.71. The molecule has 0 aliphatic carbocycles. The van der Waals surface area contributed by atoms with Crippen LogP contribution in [0.4, 0.5) is 0 Å². The van der Waals surface area contributed by atoms with Gasteiger partial charge in [0.2, 0.25) is 11.8 Å². The van der Waals surface area contributed by atoms with Crippen molar-refractivity contribution in [1.29, 1.82) is 0 Å². The number of nitrogens with zero attached hydrogens (tertiary/aromatic N) is 1. The van der Waals surface area contributed by atoms with Gasteiger partial charge in [0.1, 0.15) is 6.04 Å². The average molecular weight is 395 g/mol. The molecule has 0 aliphatic heterocycles. The number of benzene rings is 2. The van der Waals surface area contributed by atoms with Gasteiger partial charge >= 0.3 is 0 Å². The molecule has 0 spiro atoms. The highest BCUT2D eigenvalue weighted by molar-refractivity contribution is 5.87. The maximum absolute atomic E-state index is 12.5. The summed E-state index contributed by atoms with van der Waals surface area (Å²) in [5.74, 6) is -0.494. The minimum Gasteiger partial charge on any atom is -0.388 e. The molecule has 5 N–H and O–H groups in total. The third-order valence-corrected chi connectivity index (χ3v) is 4.72. The second-order valence-corrected chi connectivity index (χ2v) is 7.30. The van der Waals surface area contributed by atoms with Crippen molar-refractivity contribution in [1.82, 2.24) is 5.32 Å². The quantitative estimate of drug-likeness (QED) is 0.327. The summed E-state index contributed by atoms with van der Waals surface area (Å²) >= 11 is 0. The summed E-state index contributed by atoms with van der Waals surface area (Å²) in [5.41, 5.74) is 14.3. The van der Waals surface area contributed by atoms with Crippen LogP contribution in [0.15, 0.2) is 59.6 Å². The molecule has 6 nitrogen and oxygen atoms in total. The molecule has 0 saturated heterocycles. The number of carbonyl (C=O) groups excluding carboxylic acids is 2. The first-order valence-corrected chi connectivity index (χ1v) is 9.87. The van der Waals surface area contributed by atoms with Crippen molar-refractivity contribution in [2.24, 2.45) is 22.4 Å². The van der Waals surface area contributed by atoms with E-state index in [0.717, 1.165) is 16.7 Å². The predicted molar refractivity (Wildman–Crippen MR) is 117 cm³/mol. The van der Waals surface area contributed by atoms with Gasteiger partial charge in [-0.05, 0) is 42.9 Å². The number of nitrogens with one attached hydrogen (secondary N) is 1. The van der Waals surface area contributed by atoms with Gasteiger partial charge in [-0.1, -0.05) is 61.5 Å². The molecule has 2 unspecified atom stereocenters. The van der Waals surface area contributed by atoms with Gasteiger partial charge in [-0.3, -0.25) is 14.6 Å². The van der Waals surface area contributed by atoms with E-state index in [-0.39, 0.29) is 11.8 Å². The van der Waals surface area contributed by atoms with Crippen molar-refractivity contribution in [3.63, 3.8) is 0 Å². The zero-order valence-electron chi connectivity index (χ0n) is 17.1. The summed E-state index contributed by atoms with van der Waals surface area (Å²) in [4.78, 5) is 28.3. The summed E-state index contributed by atoms with van der Waals surface area (Å²) < 4.78 is 0. The van der Waals surface area contributed by atoms with Crippen molar-refractivity contribution < 1.29 is 9.59 Å². The first-order valence-electron chi connectivity index (χ1n) is 9.87. The second-order valence-electron chi connectivity index (χ2n) is 7.30. The Morgan fingerprint density at radius 2 is 1.62 bits per heavy atom. The largest absolute Gasteiger partial charge is 0.388 e. The van der Waals surface area contributed by atoms with Gasteiger partial charge in [0.25, 0.3) is 0 Å². The van der Waals surface area contributed by atoms with Crippen LogP contribution in [0.25, 0.3) is 11.1 Å². The Bertz CT molecular complexity index is 828. The standard InChI is InChI=1S/C23H30N4O2/c1-16(23(29)27-21(22(25)28)9-6-14-26-17(2)24)15-18-10-12-20(13-11-18)19-7-4-3-5-8-19/h3-5,7-8,10-13,16,21H,6,9,14-15H2,1-2H3,(H2,24,26)(H2,25,28)(H,27,29). The molecule has 29 heavy (non-hydrogen) atoms. The zero-order valence-corrected chi connectivity index (χ0v) is 17.1. The Balaban J connectivity index is 1.89. The zero-order chi connectivity index (χ0) is 21.2. The molecule has 0 aliphatic rings. The molecule has 154 valence electrons. The van der Waals surface area contributed by atoms with Crippen LogP contribution in [0, 0.1) is 5.92 Å². The van der Waals surface area contributed by atoms with Crippen molar-refractivity contribution in [3.05, 3.63) is 60.2 Å². The van der Waals surface area contributed by atoms with E-state index in [9.17, 15) is 9.59 Å². The highest BCUT2D eigenvalue weighted by atomic mass is 16.2. The van der Waals surface area contributed by atoms with Gasteiger partial charge in [-0.2, -0.15) is 0 Å². The lowest BCUT2D eigenvalue weighted by atomic mass is 9.97. The number of primary amides is 1. The minimum absolute atomic E-state index is 0.181. The number of amides is 2. The van der Waals surface area contributed by atoms with Gasteiger partial charge in [0.05, 0.1) is 5.84 Å². The molecule has 0 bridgehead atoms. The maximum Gasteiger partial charge on any atom is 0.240 e. The second kappa shape index (κ2) is 11.0. The van der Waals surface area contributed by atoms with Crippen LogP contribution >= 0.6 is 0 Å². The molecule has 6 heteroatoms. The molecule has 0 radical (unpaired) electrons. The Morgan fingerprint density at radius 3 is 2.21 bits per heavy atom. The molecule has 2 atom stereocenters. The fourth-order valence-electron chi connectivity index (χ4n) is 3.06. The van der Waals surface area contributed by atoms with Crippen molar-refractivity contribution in [2.75, 3.05) is 6.54 Å². The van der Waals surface area contributed by atoms with E-state index >= 15 is 0 Å². The smallest absolute Gasteiger partial charge is 0.240 e. The van der Waals surface area contributed by atoms with Crippen LogP contribution in [0.2, 0.25) is 0 Å². The van der Waals surface area contributed by atoms with E-state index in [4.69, 9.17) is 11.5 Å². The Morgan fingerprint density at radius 1 is 1.00 bits per heavy atom. The van der Waals surface area contributed by atoms with Crippen molar-refractivity contribution in [3.8, 4) is 11.1 Å². The van der Waals surface area contributed by atoms with Gasteiger partial charge < -0.3 is 16.8 Å². The normalized spacial score (nSPS) is 13.5. The van der Waals surface area contributed by atoms with Crippen LogP contribution in [-0.4, -0.2) is 30.2 Å². The molecule has 2 rings (SSSR count). The molecule has 0 fully saturated rings. The SMILES string of the molecule is CC(N)=NCCCC(NC(=O)C(C)Cc1ccc(-c2ccccc2)cc1)C(N)=O. The molecule has 0 heterocycles. The molecular formula is C23H30N4O2. The summed E-state index contributed by atoms with van der Waals surface area (Å²) in [6.45, 7) is 4.06. The van der Waals surface area contributed by atoms with E-state index in [0.29, 0.717) is 31.6 Å². The van der Waals surface area contributed by atoms with Crippen LogP contribution in [0.3, 0.4) is 0 Å². The first-order chi connectivity index (χ1) is 13.9. The molecule has 2 amide bonds. The van der Waals surface area contributed by atoms with E-state index < -0.39 is 11.9 Å². The molecule has 0 aromatic heterocycles. The highest BCUT2D eigenvalue weighted by Gasteiger charge is 2.21. The monoisotopic (exact) mass is 394 g/mol. The summed E-state index contributed by atoms with van der Waals surface area (Å²) in [7, 11) is 0. The minimum atomic E-state index is -0.696.